The number of nitrogens with zero attached hydrogens (tertiary/aromatic N) is 1. The number of benzene rings is 1. The number of nitrogens with two attached hydrogens (primary N) is 1. The summed E-state index contributed by atoms with van der Waals surface area (Å²) in [7, 11) is 1.52. The summed E-state index contributed by atoms with van der Waals surface area (Å²) < 4.78 is 6.77. The van der Waals surface area contributed by atoms with Gasteiger partial charge in [0.1, 0.15) is 5.75 Å². The highest BCUT2D eigenvalue weighted by molar-refractivity contribution is 7.07. The molecule has 3 N–H and O–H groups in total. The maximum Gasteiger partial charge on any atom is 0.307 e. The molecule has 1 heterocycles. The van der Waals surface area contributed by atoms with Gasteiger partial charge < -0.3 is 20.4 Å². The highest BCUT2D eigenvalue weighted by Gasteiger charge is 2.08. The molecule has 2 aromatic rings. The van der Waals surface area contributed by atoms with Gasteiger partial charge >= 0.3 is 4.87 Å². The van der Waals surface area contributed by atoms with Crippen LogP contribution in [0.2, 0.25) is 0 Å². The summed E-state index contributed by atoms with van der Waals surface area (Å²) in [5.41, 5.74) is 6.82. The smallest absolute Gasteiger partial charge is 0.307 e. The van der Waals surface area contributed by atoms with Gasteiger partial charge in [-0.2, -0.15) is 0 Å². The van der Waals surface area contributed by atoms with Crippen molar-refractivity contribution in [3.8, 4) is 5.75 Å². The van der Waals surface area contributed by atoms with E-state index in [2.05, 4.69) is 5.32 Å². The zero-order chi connectivity index (χ0) is 15.2. The second-order valence-electron chi connectivity index (χ2n) is 4.47. The van der Waals surface area contributed by atoms with Crippen molar-refractivity contribution in [1.29, 1.82) is 0 Å². The summed E-state index contributed by atoms with van der Waals surface area (Å²) in [4.78, 5) is 23.2. The van der Waals surface area contributed by atoms with E-state index in [0.29, 0.717) is 36.5 Å². The number of hydrogen-bond donors (Lipinski definition) is 2. The predicted octanol–water partition coefficient (Wildman–Crippen LogP) is 1.92. The number of nitrogen functional groups attached to an aromatic ring is 1. The number of thiazole rings is 1. The largest absolute Gasteiger partial charge is 0.494 e. The summed E-state index contributed by atoms with van der Waals surface area (Å²) in [6.07, 6.45) is 2.66. The quantitative estimate of drug-likeness (QED) is 0.798. The van der Waals surface area contributed by atoms with Crippen molar-refractivity contribution in [3.05, 3.63) is 39.4 Å². The molecule has 0 atom stereocenters. The summed E-state index contributed by atoms with van der Waals surface area (Å²) >= 11 is 1.15. The van der Waals surface area contributed by atoms with Gasteiger partial charge in [0.15, 0.2) is 0 Å². The molecule has 0 aliphatic rings. The molecular weight excluding hydrogens is 290 g/mol. The van der Waals surface area contributed by atoms with Crippen LogP contribution in [0.15, 0.2) is 34.6 Å². The first-order valence-electron chi connectivity index (χ1n) is 6.47. The molecule has 21 heavy (non-hydrogen) atoms. The molecule has 7 heteroatoms. The second-order valence-corrected chi connectivity index (χ2v) is 5.33. The third-order valence-electron chi connectivity index (χ3n) is 2.95. The van der Waals surface area contributed by atoms with Crippen LogP contribution in [0.5, 0.6) is 5.75 Å². The van der Waals surface area contributed by atoms with Crippen LogP contribution in [-0.2, 0) is 11.3 Å². The Labute approximate surface area is 126 Å². The molecule has 0 aliphatic heterocycles. The third-order valence-corrected chi connectivity index (χ3v) is 3.64. The number of aryl methyl sites for hydroxylation is 1. The maximum atomic E-state index is 11.9. The van der Waals surface area contributed by atoms with Gasteiger partial charge in [-0.05, 0) is 18.6 Å². The molecule has 0 fully saturated rings. The van der Waals surface area contributed by atoms with Gasteiger partial charge in [-0.25, -0.2) is 0 Å². The van der Waals surface area contributed by atoms with Crippen LogP contribution in [0, 0.1) is 0 Å². The SMILES string of the molecule is COc1cc(N)ccc1NC(=O)CCCn1ccsc1=O. The first-order valence-corrected chi connectivity index (χ1v) is 7.35. The van der Waals surface area contributed by atoms with Crippen molar-refractivity contribution in [1.82, 2.24) is 4.57 Å². The van der Waals surface area contributed by atoms with Crippen molar-refractivity contribution in [3.63, 3.8) is 0 Å². The first kappa shape index (κ1) is 15.1. The third kappa shape index (κ3) is 4.09. The normalized spacial score (nSPS) is 10.3. The molecule has 1 aromatic carbocycles. The van der Waals surface area contributed by atoms with Crippen LogP contribution in [0.25, 0.3) is 0 Å². The van der Waals surface area contributed by atoms with Crippen molar-refractivity contribution in [2.45, 2.75) is 19.4 Å². The molecule has 2 rings (SSSR count). The number of rotatable bonds is 6. The zero-order valence-electron chi connectivity index (χ0n) is 11.7. The Morgan fingerprint density at radius 1 is 1.48 bits per heavy atom. The topological polar surface area (TPSA) is 86.3 Å². The number of hydrogen-bond acceptors (Lipinski definition) is 5. The Bertz CT molecular complexity index is 678. The number of carbonyl (C=O) groups is 1. The lowest BCUT2D eigenvalue weighted by Crippen LogP contribution is -2.16. The van der Waals surface area contributed by atoms with E-state index in [9.17, 15) is 9.59 Å². The minimum absolute atomic E-state index is 0.00406. The van der Waals surface area contributed by atoms with Crippen LogP contribution in [0.3, 0.4) is 0 Å². The van der Waals surface area contributed by atoms with Gasteiger partial charge in [-0.1, -0.05) is 11.3 Å². The molecule has 0 saturated heterocycles. The average Bonchev–Trinajstić information content (AvgIpc) is 2.86. The molecule has 112 valence electrons. The summed E-state index contributed by atoms with van der Waals surface area (Å²) in [5, 5.41) is 4.52. The number of aromatic nitrogens is 1. The molecule has 1 amide bonds. The Kier molecular flexibility index (Phi) is 4.99. The van der Waals surface area contributed by atoms with Gasteiger partial charge in [-0.15, -0.1) is 0 Å². The standard InChI is InChI=1S/C14H17N3O3S/c1-20-12-9-10(15)4-5-11(12)16-13(18)3-2-6-17-7-8-21-14(17)19/h4-5,7-9H,2-3,6,15H2,1H3,(H,16,18). The minimum atomic E-state index is -0.124. The van der Waals surface area contributed by atoms with Crippen LogP contribution >= 0.6 is 11.3 Å². The fraction of sp³-hybridized carbons (Fsp3) is 0.286. The van der Waals surface area contributed by atoms with Crippen molar-refractivity contribution >= 4 is 28.6 Å². The summed E-state index contributed by atoms with van der Waals surface area (Å²) in [6, 6.07) is 5.05. The highest BCUT2D eigenvalue weighted by Crippen LogP contribution is 2.26. The summed E-state index contributed by atoms with van der Waals surface area (Å²) in [6.45, 7) is 0.536. The van der Waals surface area contributed by atoms with Crippen LogP contribution < -0.4 is 20.7 Å². The average molecular weight is 307 g/mol. The maximum absolute atomic E-state index is 11.9. The van der Waals surface area contributed by atoms with Gasteiger partial charge in [-0.3, -0.25) is 9.59 Å². The Balaban J connectivity index is 1.87. The van der Waals surface area contributed by atoms with Crippen LogP contribution in [-0.4, -0.2) is 17.6 Å². The lowest BCUT2D eigenvalue weighted by atomic mass is 10.2. The molecule has 0 saturated carbocycles. The van der Waals surface area contributed by atoms with Crippen molar-refractivity contribution in [2.24, 2.45) is 0 Å². The van der Waals surface area contributed by atoms with E-state index in [4.69, 9.17) is 10.5 Å². The number of carbonyl (C=O) groups excluding carboxylic acids is 1. The fourth-order valence-electron chi connectivity index (χ4n) is 1.89. The van der Waals surface area contributed by atoms with Crippen molar-refractivity contribution in [2.75, 3.05) is 18.2 Å². The van der Waals surface area contributed by atoms with E-state index in [0.717, 1.165) is 11.3 Å². The minimum Gasteiger partial charge on any atom is -0.494 e. The van der Waals surface area contributed by atoms with E-state index in [1.54, 1.807) is 34.3 Å². The zero-order valence-corrected chi connectivity index (χ0v) is 12.5. The molecule has 6 nitrogen and oxygen atoms in total. The van der Waals surface area contributed by atoms with Gasteiger partial charge in [0.05, 0.1) is 12.8 Å². The molecule has 0 spiro atoms. The van der Waals surface area contributed by atoms with Gasteiger partial charge in [0.2, 0.25) is 5.91 Å². The van der Waals surface area contributed by atoms with Crippen LogP contribution in [0.4, 0.5) is 11.4 Å². The van der Waals surface area contributed by atoms with Crippen molar-refractivity contribution < 1.29 is 9.53 Å². The number of methoxy groups -OCH3 is 1. The van der Waals surface area contributed by atoms with Gasteiger partial charge in [0, 0.05) is 36.3 Å². The molecule has 0 aliphatic carbocycles. The van der Waals surface area contributed by atoms with E-state index >= 15 is 0 Å². The van der Waals surface area contributed by atoms with E-state index in [-0.39, 0.29) is 10.8 Å². The van der Waals surface area contributed by atoms with E-state index in [1.165, 1.54) is 7.11 Å². The highest BCUT2D eigenvalue weighted by atomic mass is 32.1. The molecule has 0 unspecified atom stereocenters. The first-order chi connectivity index (χ1) is 10.1. The monoisotopic (exact) mass is 307 g/mol. The van der Waals surface area contributed by atoms with Crippen LogP contribution in [0.1, 0.15) is 12.8 Å². The molecular formula is C14H17N3O3S. The van der Waals surface area contributed by atoms with E-state index in [1.807, 2.05) is 0 Å². The predicted molar refractivity (Wildman–Crippen MR) is 83.8 cm³/mol. The lowest BCUT2D eigenvalue weighted by Gasteiger charge is -2.10. The Morgan fingerprint density at radius 3 is 2.95 bits per heavy atom. The lowest BCUT2D eigenvalue weighted by molar-refractivity contribution is -0.116. The van der Waals surface area contributed by atoms with Gasteiger partial charge in [0.25, 0.3) is 0 Å². The Morgan fingerprint density at radius 2 is 2.29 bits per heavy atom. The number of ether oxygens (including phenoxy) is 1. The summed E-state index contributed by atoms with van der Waals surface area (Å²) in [5.74, 6) is 0.402. The second kappa shape index (κ2) is 6.94. The number of nitrogens with one attached hydrogen (secondary N) is 1. The molecule has 0 radical (unpaired) electrons. The van der Waals surface area contributed by atoms with E-state index < -0.39 is 0 Å². The Hall–Kier alpha value is -2.28. The molecule has 1 aromatic heterocycles. The fourth-order valence-corrected chi connectivity index (χ4v) is 2.50. The number of amides is 1. The number of anilines is 2. The molecule has 0 bridgehead atoms.